The van der Waals surface area contributed by atoms with Crippen LogP contribution in [0.25, 0.3) is 0 Å². The van der Waals surface area contributed by atoms with Gasteiger partial charge in [-0.2, -0.15) is 13.2 Å². The molecule has 10 heteroatoms. The van der Waals surface area contributed by atoms with Gasteiger partial charge in [-0.3, -0.25) is 4.79 Å². The quantitative estimate of drug-likeness (QED) is 0.907. The maximum Gasteiger partial charge on any atom is 0.471 e. The molecular weight excluding hydrogens is 329 g/mol. The molecule has 5 nitrogen and oxygen atoms in total. The van der Waals surface area contributed by atoms with E-state index in [1.807, 2.05) is 0 Å². The average Bonchev–Trinajstić information content (AvgIpc) is 2.92. The van der Waals surface area contributed by atoms with Crippen LogP contribution in [0, 0.1) is 0 Å². The molecule has 1 fully saturated rings. The molecule has 2 rings (SSSR count). The average molecular weight is 342 g/mol. The van der Waals surface area contributed by atoms with Crippen LogP contribution in [0.4, 0.5) is 13.2 Å². The summed E-state index contributed by atoms with van der Waals surface area (Å²) < 4.78 is 63.4. The molecule has 1 aliphatic heterocycles. The van der Waals surface area contributed by atoms with Crippen LogP contribution < -0.4 is 4.72 Å². The van der Waals surface area contributed by atoms with Crippen LogP contribution in [0.1, 0.15) is 12.8 Å². The number of alkyl halides is 3. The van der Waals surface area contributed by atoms with Crippen molar-refractivity contribution >= 4 is 27.3 Å². The first-order valence-corrected chi connectivity index (χ1v) is 8.48. The van der Waals surface area contributed by atoms with E-state index < -0.39 is 28.1 Å². The number of likely N-dealkylation sites (tertiary alicyclic amines) is 1. The lowest BCUT2D eigenvalue weighted by Crippen LogP contribution is -2.49. The highest BCUT2D eigenvalue weighted by Crippen LogP contribution is 2.23. The Balaban J connectivity index is 1.92. The number of hydrogen-bond donors (Lipinski definition) is 1. The van der Waals surface area contributed by atoms with Crippen molar-refractivity contribution in [3.63, 3.8) is 0 Å². The third kappa shape index (κ3) is 3.95. The van der Waals surface area contributed by atoms with Crippen molar-refractivity contribution in [2.45, 2.75) is 29.3 Å². The predicted molar refractivity (Wildman–Crippen MR) is 70.3 cm³/mol. The summed E-state index contributed by atoms with van der Waals surface area (Å²) in [6, 6.07) is 2.59. The zero-order valence-corrected chi connectivity index (χ0v) is 12.4. The van der Waals surface area contributed by atoms with Gasteiger partial charge in [0.2, 0.25) is 10.0 Å². The Kier molecular flexibility index (Phi) is 4.59. The zero-order valence-electron chi connectivity index (χ0n) is 10.8. The summed E-state index contributed by atoms with van der Waals surface area (Å²) >= 11 is 1.06. The van der Waals surface area contributed by atoms with Crippen LogP contribution in [0.15, 0.2) is 21.7 Å². The van der Waals surface area contributed by atoms with Crippen LogP contribution in [-0.4, -0.2) is 44.5 Å². The minimum atomic E-state index is -4.89. The molecule has 0 bridgehead atoms. The fourth-order valence-corrected chi connectivity index (χ4v) is 4.39. The molecule has 21 heavy (non-hydrogen) atoms. The lowest BCUT2D eigenvalue weighted by atomic mass is 10.1. The Morgan fingerprint density at radius 1 is 1.33 bits per heavy atom. The number of halogens is 3. The molecule has 1 saturated heterocycles. The number of hydrogen-bond acceptors (Lipinski definition) is 4. The van der Waals surface area contributed by atoms with Crippen molar-refractivity contribution in [1.29, 1.82) is 0 Å². The Morgan fingerprint density at radius 2 is 1.95 bits per heavy atom. The van der Waals surface area contributed by atoms with Gasteiger partial charge in [-0.25, -0.2) is 13.1 Å². The smallest absolute Gasteiger partial charge is 0.335 e. The predicted octanol–water partition coefficient (Wildman–Crippen LogP) is 1.58. The van der Waals surface area contributed by atoms with Gasteiger partial charge in [0.1, 0.15) is 4.21 Å². The van der Waals surface area contributed by atoms with Crippen LogP contribution in [-0.2, 0) is 14.8 Å². The summed E-state index contributed by atoms with van der Waals surface area (Å²) in [5.41, 5.74) is 0. The number of rotatable bonds is 3. The van der Waals surface area contributed by atoms with E-state index in [0.29, 0.717) is 4.90 Å². The lowest BCUT2D eigenvalue weighted by Gasteiger charge is -2.32. The number of amides is 1. The minimum Gasteiger partial charge on any atom is -0.335 e. The molecule has 1 N–H and O–H groups in total. The molecular formula is C11H13F3N2O3S2. The Labute approximate surface area is 123 Å². The fourth-order valence-electron chi connectivity index (χ4n) is 2.07. The summed E-state index contributed by atoms with van der Waals surface area (Å²) in [6.45, 7) is -0.230. The number of nitrogens with one attached hydrogen (secondary N) is 1. The number of carbonyl (C=O) groups excluding carboxylic acids is 1. The van der Waals surface area contributed by atoms with E-state index in [4.69, 9.17) is 0 Å². The topological polar surface area (TPSA) is 66.5 Å². The van der Waals surface area contributed by atoms with Crippen molar-refractivity contribution in [3.05, 3.63) is 17.5 Å². The Hall–Kier alpha value is -1.13. The third-order valence-electron chi connectivity index (χ3n) is 3.11. The van der Waals surface area contributed by atoms with Crippen molar-refractivity contribution in [1.82, 2.24) is 9.62 Å². The van der Waals surface area contributed by atoms with E-state index in [-0.39, 0.29) is 30.1 Å². The number of carbonyl (C=O) groups is 1. The second-order valence-electron chi connectivity index (χ2n) is 4.62. The molecule has 1 aromatic rings. The Morgan fingerprint density at radius 3 is 2.43 bits per heavy atom. The number of piperidine rings is 1. The van der Waals surface area contributed by atoms with Crippen molar-refractivity contribution < 1.29 is 26.4 Å². The first kappa shape index (κ1) is 16.2. The molecule has 0 atom stereocenters. The summed E-state index contributed by atoms with van der Waals surface area (Å²) in [7, 11) is -3.64. The molecule has 1 aromatic heterocycles. The second kappa shape index (κ2) is 5.93. The largest absolute Gasteiger partial charge is 0.471 e. The number of nitrogens with zero attached hydrogens (tertiary/aromatic N) is 1. The SMILES string of the molecule is O=C(N1CCC(NS(=O)(=O)c2cccs2)CC1)C(F)(F)F. The maximum absolute atomic E-state index is 12.3. The number of thiophene rings is 1. The van der Waals surface area contributed by atoms with Crippen molar-refractivity contribution in [2.24, 2.45) is 0 Å². The van der Waals surface area contributed by atoms with Gasteiger partial charge in [0.05, 0.1) is 0 Å². The van der Waals surface area contributed by atoms with Gasteiger partial charge in [0.15, 0.2) is 0 Å². The minimum absolute atomic E-state index is 0.115. The number of sulfonamides is 1. The van der Waals surface area contributed by atoms with Crippen LogP contribution >= 0.6 is 11.3 Å². The van der Waals surface area contributed by atoms with E-state index in [1.54, 1.807) is 11.4 Å². The second-order valence-corrected chi connectivity index (χ2v) is 7.51. The van der Waals surface area contributed by atoms with Crippen LogP contribution in [0.3, 0.4) is 0 Å². The van der Waals surface area contributed by atoms with Crippen molar-refractivity contribution in [3.8, 4) is 0 Å². The summed E-state index contributed by atoms with van der Waals surface area (Å²) in [4.78, 5) is 11.8. The molecule has 1 amide bonds. The van der Waals surface area contributed by atoms with Gasteiger partial charge >= 0.3 is 12.1 Å². The fraction of sp³-hybridized carbons (Fsp3) is 0.545. The summed E-state index contributed by atoms with van der Waals surface area (Å²) in [5, 5.41) is 1.62. The van der Waals surface area contributed by atoms with E-state index in [1.165, 1.54) is 6.07 Å². The van der Waals surface area contributed by atoms with E-state index in [0.717, 1.165) is 11.3 Å². The van der Waals surface area contributed by atoms with E-state index >= 15 is 0 Å². The molecule has 1 aliphatic rings. The molecule has 0 unspecified atom stereocenters. The van der Waals surface area contributed by atoms with Gasteiger partial charge in [0, 0.05) is 19.1 Å². The highest BCUT2D eigenvalue weighted by molar-refractivity contribution is 7.91. The lowest BCUT2D eigenvalue weighted by molar-refractivity contribution is -0.186. The van der Waals surface area contributed by atoms with Crippen LogP contribution in [0.2, 0.25) is 0 Å². The van der Waals surface area contributed by atoms with Gasteiger partial charge in [0.25, 0.3) is 0 Å². The molecule has 0 radical (unpaired) electrons. The first-order chi connectivity index (χ1) is 9.70. The summed E-state index contributed by atoms with van der Waals surface area (Å²) in [5.74, 6) is -1.87. The molecule has 118 valence electrons. The zero-order chi connectivity index (χ0) is 15.7. The van der Waals surface area contributed by atoms with E-state index in [9.17, 15) is 26.4 Å². The maximum atomic E-state index is 12.3. The highest BCUT2D eigenvalue weighted by atomic mass is 32.2. The molecule has 0 aromatic carbocycles. The molecule has 0 spiro atoms. The highest BCUT2D eigenvalue weighted by Gasteiger charge is 2.43. The molecule has 0 saturated carbocycles. The molecule has 2 heterocycles. The first-order valence-electron chi connectivity index (χ1n) is 6.12. The third-order valence-corrected chi connectivity index (χ3v) is 6.02. The normalized spacial score (nSPS) is 18.0. The van der Waals surface area contributed by atoms with Gasteiger partial charge in [-0.05, 0) is 24.3 Å². The standard InChI is InChI=1S/C11H13F3N2O3S2/c12-11(13,14)10(17)16-5-3-8(4-6-16)15-21(18,19)9-2-1-7-20-9/h1-2,7-8,15H,3-6H2. The Bertz CT molecular complexity index is 591. The van der Waals surface area contributed by atoms with E-state index in [2.05, 4.69) is 4.72 Å². The van der Waals surface area contributed by atoms with Gasteiger partial charge in [-0.1, -0.05) is 6.07 Å². The molecule has 0 aliphatic carbocycles. The van der Waals surface area contributed by atoms with Crippen LogP contribution in [0.5, 0.6) is 0 Å². The van der Waals surface area contributed by atoms with Gasteiger partial charge in [-0.15, -0.1) is 11.3 Å². The monoisotopic (exact) mass is 342 g/mol. The van der Waals surface area contributed by atoms with Crippen molar-refractivity contribution in [2.75, 3.05) is 13.1 Å². The summed E-state index contributed by atoms with van der Waals surface area (Å²) in [6.07, 6.45) is -4.57. The van der Waals surface area contributed by atoms with Gasteiger partial charge < -0.3 is 4.90 Å².